The Morgan fingerprint density at radius 1 is 1.50 bits per heavy atom. The van der Waals surface area contributed by atoms with Crippen molar-refractivity contribution >= 4 is 23.3 Å². The molecule has 6 nitrogen and oxygen atoms in total. The molecule has 1 saturated heterocycles. The minimum absolute atomic E-state index is 0.0570. The van der Waals surface area contributed by atoms with E-state index in [0.29, 0.717) is 6.61 Å². The predicted molar refractivity (Wildman–Crippen MR) is 74.3 cm³/mol. The topological polar surface area (TPSA) is 78.9 Å². The van der Waals surface area contributed by atoms with E-state index >= 15 is 0 Å². The van der Waals surface area contributed by atoms with Crippen LogP contribution in [0.4, 0.5) is 4.79 Å². The third-order valence-corrected chi connectivity index (χ3v) is 3.82. The Hall–Kier alpha value is -1.44. The third kappa shape index (κ3) is 3.36. The molecule has 0 radical (unpaired) electrons. The number of ether oxygens (including phenoxy) is 1. The largest absolute Gasteiger partial charge is 0.389 e. The van der Waals surface area contributed by atoms with Gasteiger partial charge in [-0.25, -0.2) is 4.79 Å². The number of β-amino-alcohol motifs (C(OH)–C–C–N with tert-alkyl or cyclic N) is 1. The Labute approximate surface area is 121 Å². The molecule has 20 heavy (non-hydrogen) atoms. The molecule has 1 unspecified atom stereocenters. The number of aliphatic hydroxyl groups excluding tert-OH is 1. The molecule has 1 atom stereocenters. The minimum Gasteiger partial charge on any atom is -0.389 e. The van der Waals surface area contributed by atoms with Crippen molar-refractivity contribution in [3.05, 3.63) is 22.4 Å². The zero-order chi connectivity index (χ0) is 14.8. The number of imide groups is 1. The summed E-state index contributed by atoms with van der Waals surface area (Å²) in [4.78, 5) is 25.7. The molecule has 2 N–H and O–H groups in total. The smallest absolute Gasteiger partial charge is 0.325 e. The average molecular weight is 298 g/mol. The molecule has 110 valence electrons. The molecule has 2 heterocycles. The Bertz CT molecular complexity index is 487. The number of hydrogen-bond acceptors (Lipinski definition) is 5. The van der Waals surface area contributed by atoms with Crippen LogP contribution in [0, 0.1) is 0 Å². The molecule has 2 rings (SSSR count). The van der Waals surface area contributed by atoms with Gasteiger partial charge in [0.05, 0.1) is 25.9 Å². The zero-order valence-electron chi connectivity index (χ0n) is 11.5. The van der Waals surface area contributed by atoms with Crippen LogP contribution in [0.15, 0.2) is 17.5 Å². The van der Waals surface area contributed by atoms with Gasteiger partial charge in [0.2, 0.25) is 0 Å². The second-order valence-electron chi connectivity index (χ2n) is 5.22. The van der Waals surface area contributed by atoms with E-state index in [4.69, 9.17) is 4.74 Å². The van der Waals surface area contributed by atoms with Gasteiger partial charge in [0.25, 0.3) is 5.91 Å². The summed E-state index contributed by atoms with van der Waals surface area (Å²) in [5.74, 6) is -0.334. The molecule has 0 aliphatic carbocycles. The number of urea groups is 1. The second-order valence-corrected chi connectivity index (χ2v) is 6.25. The standard InChI is InChI=1S/C13H18N2O4S/c1-13(2)11(17)15(12(18)14-13)6-9(16)7-19-8-10-4-3-5-20-10/h3-5,9,16H,6-8H2,1-2H3,(H,14,18). The lowest BCUT2D eigenvalue weighted by atomic mass is 10.1. The monoisotopic (exact) mass is 298 g/mol. The first-order valence-electron chi connectivity index (χ1n) is 6.32. The van der Waals surface area contributed by atoms with Gasteiger partial charge in [0.1, 0.15) is 5.54 Å². The number of aliphatic hydroxyl groups is 1. The van der Waals surface area contributed by atoms with Crippen LogP contribution < -0.4 is 5.32 Å². The average Bonchev–Trinajstić information content (AvgIpc) is 2.93. The number of carbonyl (C=O) groups excluding carboxylic acids is 2. The van der Waals surface area contributed by atoms with Crippen molar-refractivity contribution in [3.8, 4) is 0 Å². The van der Waals surface area contributed by atoms with Crippen LogP contribution in [0.25, 0.3) is 0 Å². The summed E-state index contributed by atoms with van der Waals surface area (Å²) in [6.07, 6.45) is -0.890. The van der Waals surface area contributed by atoms with Crippen LogP contribution in [-0.4, -0.2) is 46.7 Å². The number of rotatable bonds is 6. The van der Waals surface area contributed by atoms with Crippen LogP contribution in [0.1, 0.15) is 18.7 Å². The second kappa shape index (κ2) is 5.90. The fourth-order valence-corrected chi connectivity index (χ4v) is 2.58. The molecular formula is C13H18N2O4S. The van der Waals surface area contributed by atoms with Gasteiger partial charge in [0.15, 0.2) is 0 Å². The van der Waals surface area contributed by atoms with Gasteiger partial charge < -0.3 is 15.2 Å². The van der Waals surface area contributed by atoms with E-state index in [0.717, 1.165) is 9.78 Å². The normalized spacial score (nSPS) is 19.2. The van der Waals surface area contributed by atoms with Crippen molar-refractivity contribution < 1.29 is 19.4 Å². The highest BCUT2D eigenvalue weighted by Crippen LogP contribution is 2.17. The molecule has 1 aromatic rings. The van der Waals surface area contributed by atoms with E-state index in [9.17, 15) is 14.7 Å². The quantitative estimate of drug-likeness (QED) is 0.767. The summed E-state index contributed by atoms with van der Waals surface area (Å²) < 4.78 is 5.36. The van der Waals surface area contributed by atoms with Gasteiger partial charge in [-0.2, -0.15) is 0 Å². The van der Waals surface area contributed by atoms with E-state index in [1.807, 2.05) is 17.5 Å². The third-order valence-electron chi connectivity index (χ3n) is 2.97. The Balaban J connectivity index is 1.78. The number of amides is 3. The lowest BCUT2D eigenvalue weighted by molar-refractivity contribution is -0.131. The molecule has 3 amide bonds. The maximum atomic E-state index is 11.9. The van der Waals surface area contributed by atoms with Crippen LogP contribution in [-0.2, 0) is 16.1 Å². The molecule has 1 aliphatic rings. The Kier molecular flexibility index (Phi) is 4.42. The van der Waals surface area contributed by atoms with E-state index in [1.54, 1.807) is 25.2 Å². The van der Waals surface area contributed by atoms with Gasteiger partial charge in [-0.1, -0.05) is 6.07 Å². The first-order chi connectivity index (χ1) is 9.40. The number of hydrogen-bond donors (Lipinski definition) is 2. The summed E-state index contributed by atoms with van der Waals surface area (Å²) >= 11 is 1.57. The lowest BCUT2D eigenvalue weighted by Crippen LogP contribution is -2.42. The molecule has 1 aliphatic heterocycles. The molecule has 0 bridgehead atoms. The van der Waals surface area contributed by atoms with Gasteiger partial charge in [-0.05, 0) is 25.3 Å². The number of thiophene rings is 1. The number of carbonyl (C=O) groups is 2. The molecule has 7 heteroatoms. The van der Waals surface area contributed by atoms with Crippen molar-refractivity contribution in [2.75, 3.05) is 13.2 Å². The van der Waals surface area contributed by atoms with E-state index in [2.05, 4.69) is 5.32 Å². The lowest BCUT2D eigenvalue weighted by Gasteiger charge is -2.19. The van der Waals surface area contributed by atoms with Crippen LogP contribution >= 0.6 is 11.3 Å². The summed E-state index contributed by atoms with van der Waals surface area (Å²) in [5.41, 5.74) is -0.908. The first kappa shape index (κ1) is 15.0. The Morgan fingerprint density at radius 3 is 2.80 bits per heavy atom. The van der Waals surface area contributed by atoms with E-state index in [-0.39, 0.29) is 19.1 Å². The minimum atomic E-state index is -0.908. The fraction of sp³-hybridized carbons (Fsp3) is 0.538. The molecule has 0 saturated carbocycles. The molecule has 1 fully saturated rings. The highest BCUT2D eigenvalue weighted by molar-refractivity contribution is 7.09. The van der Waals surface area contributed by atoms with Crippen molar-refractivity contribution in [2.45, 2.75) is 32.1 Å². The van der Waals surface area contributed by atoms with Crippen molar-refractivity contribution in [3.63, 3.8) is 0 Å². The number of nitrogens with one attached hydrogen (secondary N) is 1. The maximum Gasteiger partial charge on any atom is 0.325 e. The highest BCUT2D eigenvalue weighted by Gasteiger charge is 2.44. The molecule has 0 aromatic carbocycles. The number of nitrogens with zero attached hydrogens (tertiary/aromatic N) is 1. The SMILES string of the molecule is CC1(C)NC(=O)N(CC(O)COCc2cccs2)C1=O. The molecule has 1 aromatic heterocycles. The van der Waals surface area contributed by atoms with Crippen LogP contribution in [0.2, 0.25) is 0 Å². The Morgan fingerprint density at radius 2 is 2.25 bits per heavy atom. The molecule has 0 spiro atoms. The summed E-state index contributed by atoms with van der Waals surface area (Å²) in [6.45, 7) is 3.70. The predicted octanol–water partition coefficient (Wildman–Crippen LogP) is 0.956. The van der Waals surface area contributed by atoms with Gasteiger partial charge in [0, 0.05) is 4.88 Å². The van der Waals surface area contributed by atoms with Crippen LogP contribution in [0.3, 0.4) is 0 Å². The highest BCUT2D eigenvalue weighted by atomic mass is 32.1. The van der Waals surface area contributed by atoms with Crippen LogP contribution in [0.5, 0.6) is 0 Å². The van der Waals surface area contributed by atoms with Gasteiger partial charge in [-0.15, -0.1) is 11.3 Å². The van der Waals surface area contributed by atoms with Gasteiger partial charge in [-0.3, -0.25) is 9.69 Å². The van der Waals surface area contributed by atoms with Crippen molar-refractivity contribution in [2.24, 2.45) is 0 Å². The summed E-state index contributed by atoms with van der Waals surface area (Å²) in [5, 5.41) is 14.4. The molecular weight excluding hydrogens is 280 g/mol. The zero-order valence-corrected chi connectivity index (χ0v) is 12.3. The van der Waals surface area contributed by atoms with Gasteiger partial charge >= 0.3 is 6.03 Å². The summed E-state index contributed by atoms with van der Waals surface area (Å²) in [7, 11) is 0. The van der Waals surface area contributed by atoms with Crippen molar-refractivity contribution in [1.82, 2.24) is 10.2 Å². The van der Waals surface area contributed by atoms with E-state index in [1.165, 1.54) is 0 Å². The first-order valence-corrected chi connectivity index (χ1v) is 7.20. The summed E-state index contributed by atoms with van der Waals surface area (Å²) in [6, 6.07) is 3.39. The maximum absolute atomic E-state index is 11.9. The van der Waals surface area contributed by atoms with E-state index < -0.39 is 17.7 Å². The fourth-order valence-electron chi connectivity index (χ4n) is 1.94. The van der Waals surface area contributed by atoms with Crippen molar-refractivity contribution in [1.29, 1.82) is 0 Å².